The van der Waals surface area contributed by atoms with Gasteiger partial charge in [0.1, 0.15) is 5.39 Å². The van der Waals surface area contributed by atoms with E-state index in [1.807, 2.05) is 25.1 Å². The zero-order valence-corrected chi connectivity index (χ0v) is 10.8. The zero-order valence-electron chi connectivity index (χ0n) is 10.8. The van der Waals surface area contributed by atoms with Crippen LogP contribution in [0.15, 0.2) is 36.4 Å². The maximum atomic E-state index is 11.1. The molecule has 0 radical (unpaired) electrons. The molecule has 20 heavy (non-hydrogen) atoms. The Morgan fingerprint density at radius 1 is 1.25 bits per heavy atom. The zero-order chi connectivity index (χ0) is 14.1. The van der Waals surface area contributed by atoms with E-state index in [-0.39, 0.29) is 10.6 Å². The molecule has 0 amide bonds. The first kappa shape index (κ1) is 12.3. The predicted octanol–water partition coefficient (Wildman–Crippen LogP) is 2.77. The van der Waals surface area contributed by atoms with Crippen molar-refractivity contribution in [2.75, 3.05) is 0 Å². The molecule has 3 aromatic rings. The maximum Gasteiger partial charge on any atom is 0.280 e. The molecule has 0 saturated carbocycles. The molecule has 3 rings (SSSR count). The first-order chi connectivity index (χ1) is 9.65. The topological polar surface area (TPSA) is 84.7 Å². The molecule has 0 unspecified atom stereocenters. The summed E-state index contributed by atoms with van der Waals surface area (Å²) in [6.07, 6.45) is 0.489. The van der Waals surface area contributed by atoms with Gasteiger partial charge in [0.2, 0.25) is 0 Å². The van der Waals surface area contributed by atoms with Crippen LogP contribution in [0.3, 0.4) is 0 Å². The van der Waals surface area contributed by atoms with Gasteiger partial charge in [-0.05, 0) is 25.1 Å². The van der Waals surface area contributed by atoms with Crippen LogP contribution < -0.4 is 0 Å². The lowest BCUT2D eigenvalue weighted by atomic mass is 10.1. The second kappa shape index (κ2) is 4.73. The molecule has 0 fully saturated rings. The van der Waals surface area contributed by atoms with Crippen LogP contribution in [-0.2, 0) is 6.42 Å². The third-order valence-corrected chi connectivity index (χ3v) is 3.13. The van der Waals surface area contributed by atoms with Gasteiger partial charge in [0.25, 0.3) is 5.69 Å². The number of nitrogens with one attached hydrogen (secondary N) is 1. The van der Waals surface area contributed by atoms with Gasteiger partial charge in [0.05, 0.1) is 16.1 Å². The van der Waals surface area contributed by atoms with Gasteiger partial charge in [-0.2, -0.15) is 5.10 Å². The Hall–Kier alpha value is -2.76. The summed E-state index contributed by atoms with van der Waals surface area (Å²) < 4.78 is 0. The van der Waals surface area contributed by atoms with E-state index in [2.05, 4.69) is 15.2 Å². The summed E-state index contributed by atoms with van der Waals surface area (Å²) in [5.41, 5.74) is 3.15. The highest BCUT2D eigenvalue weighted by Gasteiger charge is 2.18. The molecule has 0 spiro atoms. The number of hydrogen-bond donors (Lipinski definition) is 1. The number of aromatic amines is 1. The third-order valence-electron chi connectivity index (χ3n) is 3.13. The number of aryl methyl sites for hydroxylation is 1. The standard InChI is InChI=1S/C14H12N4O2/c1-9-4-2-5-10(15-9)8-12-14-11(16-17-12)6-3-7-13(14)18(19)20/h2-7H,8H2,1H3,(H,16,17). The Bertz CT molecular complexity index is 795. The summed E-state index contributed by atoms with van der Waals surface area (Å²) in [5, 5.41) is 18.7. The molecule has 0 aliphatic heterocycles. The molecule has 2 heterocycles. The second-order valence-corrected chi connectivity index (χ2v) is 4.58. The van der Waals surface area contributed by atoms with Crippen molar-refractivity contribution < 1.29 is 4.92 Å². The van der Waals surface area contributed by atoms with E-state index in [1.54, 1.807) is 12.1 Å². The largest absolute Gasteiger partial charge is 0.281 e. The molecule has 0 saturated heterocycles. The number of H-pyrrole nitrogens is 1. The molecule has 0 aliphatic carbocycles. The number of nitro groups is 1. The number of fused-ring (bicyclic) bond motifs is 1. The number of benzene rings is 1. The monoisotopic (exact) mass is 268 g/mol. The van der Waals surface area contributed by atoms with Crippen molar-refractivity contribution in [1.82, 2.24) is 15.2 Å². The summed E-state index contributed by atoms with van der Waals surface area (Å²) >= 11 is 0. The van der Waals surface area contributed by atoms with Crippen molar-refractivity contribution in [2.24, 2.45) is 0 Å². The molecular formula is C14H12N4O2. The average molecular weight is 268 g/mol. The Kier molecular flexibility index (Phi) is 2.90. The van der Waals surface area contributed by atoms with Crippen molar-refractivity contribution >= 4 is 16.6 Å². The highest BCUT2D eigenvalue weighted by atomic mass is 16.6. The summed E-state index contributed by atoms with van der Waals surface area (Å²) in [7, 11) is 0. The third kappa shape index (κ3) is 2.11. The first-order valence-electron chi connectivity index (χ1n) is 6.18. The SMILES string of the molecule is Cc1cccc(Cc2[nH]nc3cccc([N+](=O)[O-])c23)n1. The van der Waals surface area contributed by atoms with E-state index in [0.29, 0.717) is 23.0 Å². The van der Waals surface area contributed by atoms with Crippen LogP contribution in [0.4, 0.5) is 5.69 Å². The van der Waals surface area contributed by atoms with E-state index < -0.39 is 0 Å². The molecule has 100 valence electrons. The average Bonchev–Trinajstić information content (AvgIpc) is 2.82. The minimum Gasteiger partial charge on any atom is -0.281 e. The van der Waals surface area contributed by atoms with Crippen molar-refractivity contribution in [3.8, 4) is 0 Å². The van der Waals surface area contributed by atoms with Gasteiger partial charge < -0.3 is 0 Å². The van der Waals surface area contributed by atoms with Crippen molar-refractivity contribution in [3.05, 3.63) is 63.6 Å². The smallest absolute Gasteiger partial charge is 0.280 e. The van der Waals surface area contributed by atoms with Crippen LogP contribution in [0.1, 0.15) is 17.1 Å². The molecule has 0 atom stereocenters. The fourth-order valence-electron chi connectivity index (χ4n) is 2.27. The molecule has 2 aromatic heterocycles. The van der Waals surface area contributed by atoms with Crippen molar-refractivity contribution in [3.63, 3.8) is 0 Å². The number of pyridine rings is 1. The van der Waals surface area contributed by atoms with Gasteiger partial charge >= 0.3 is 0 Å². The normalized spacial score (nSPS) is 10.8. The van der Waals surface area contributed by atoms with E-state index >= 15 is 0 Å². The Labute approximate surface area is 114 Å². The lowest BCUT2D eigenvalue weighted by Crippen LogP contribution is -1.96. The first-order valence-corrected chi connectivity index (χ1v) is 6.18. The van der Waals surface area contributed by atoms with E-state index in [9.17, 15) is 10.1 Å². The van der Waals surface area contributed by atoms with Crippen LogP contribution >= 0.6 is 0 Å². The van der Waals surface area contributed by atoms with Crippen LogP contribution in [0, 0.1) is 17.0 Å². The molecule has 6 nitrogen and oxygen atoms in total. The van der Waals surface area contributed by atoms with Crippen molar-refractivity contribution in [2.45, 2.75) is 13.3 Å². The number of nitrogens with zero attached hydrogens (tertiary/aromatic N) is 3. The molecule has 0 bridgehead atoms. The van der Waals surface area contributed by atoms with Crippen LogP contribution in [0.5, 0.6) is 0 Å². The summed E-state index contributed by atoms with van der Waals surface area (Å²) in [6.45, 7) is 1.91. The summed E-state index contributed by atoms with van der Waals surface area (Å²) in [6, 6.07) is 10.6. The van der Waals surface area contributed by atoms with Crippen LogP contribution in [0.25, 0.3) is 10.9 Å². The van der Waals surface area contributed by atoms with E-state index in [0.717, 1.165) is 11.4 Å². The maximum absolute atomic E-state index is 11.1. The predicted molar refractivity (Wildman–Crippen MR) is 74.5 cm³/mol. The van der Waals surface area contributed by atoms with Crippen LogP contribution in [-0.4, -0.2) is 20.1 Å². The van der Waals surface area contributed by atoms with Crippen LogP contribution in [0.2, 0.25) is 0 Å². The molecular weight excluding hydrogens is 256 g/mol. The minimum atomic E-state index is -0.384. The lowest BCUT2D eigenvalue weighted by Gasteiger charge is -2.01. The summed E-state index contributed by atoms with van der Waals surface area (Å²) in [4.78, 5) is 15.1. The van der Waals surface area contributed by atoms with Gasteiger partial charge in [-0.1, -0.05) is 12.1 Å². The molecule has 0 aliphatic rings. The van der Waals surface area contributed by atoms with Gasteiger partial charge in [-0.15, -0.1) is 0 Å². The lowest BCUT2D eigenvalue weighted by molar-refractivity contribution is -0.383. The van der Waals surface area contributed by atoms with E-state index in [4.69, 9.17) is 0 Å². The quantitative estimate of drug-likeness (QED) is 0.584. The molecule has 1 N–H and O–H groups in total. The van der Waals surface area contributed by atoms with Gasteiger partial charge in [-0.25, -0.2) is 0 Å². The van der Waals surface area contributed by atoms with E-state index in [1.165, 1.54) is 6.07 Å². The van der Waals surface area contributed by atoms with Gasteiger partial charge in [0.15, 0.2) is 0 Å². The Morgan fingerprint density at radius 3 is 2.80 bits per heavy atom. The van der Waals surface area contributed by atoms with Gasteiger partial charge in [0, 0.05) is 23.9 Å². The molecule has 1 aromatic carbocycles. The summed E-state index contributed by atoms with van der Waals surface area (Å²) in [5.74, 6) is 0. The molecule has 6 heteroatoms. The number of non-ortho nitro benzene ring substituents is 1. The minimum absolute atomic E-state index is 0.0684. The fraction of sp³-hybridized carbons (Fsp3) is 0.143. The Morgan fingerprint density at radius 2 is 2.05 bits per heavy atom. The highest BCUT2D eigenvalue weighted by Crippen LogP contribution is 2.28. The highest BCUT2D eigenvalue weighted by molar-refractivity contribution is 5.90. The number of nitro benzene ring substituents is 1. The Balaban J connectivity index is 2.10. The number of hydrogen-bond acceptors (Lipinski definition) is 4. The fourth-order valence-corrected chi connectivity index (χ4v) is 2.27. The number of rotatable bonds is 3. The number of aromatic nitrogens is 3. The van der Waals surface area contributed by atoms with Gasteiger partial charge in [-0.3, -0.25) is 20.2 Å². The van der Waals surface area contributed by atoms with Crippen molar-refractivity contribution in [1.29, 1.82) is 0 Å². The second-order valence-electron chi connectivity index (χ2n) is 4.58.